The predicted octanol–water partition coefficient (Wildman–Crippen LogP) is 4.63. The summed E-state index contributed by atoms with van der Waals surface area (Å²) in [5, 5.41) is 4.26. The number of ether oxygens (including phenoxy) is 1. The molecule has 0 aliphatic carbocycles. The summed E-state index contributed by atoms with van der Waals surface area (Å²) in [6.07, 6.45) is 2.05. The lowest BCUT2D eigenvalue weighted by molar-refractivity contribution is 0.414. The lowest BCUT2D eigenvalue weighted by Gasteiger charge is -2.20. The molecule has 0 bridgehead atoms. The highest BCUT2D eigenvalue weighted by atomic mass is 35.5. The van der Waals surface area contributed by atoms with Crippen molar-refractivity contribution in [2.75, 3.05) is 13.7 Å². The first-order valence-corrected chi connectivity index (χ1v) is 7.73. The van der Waals surface area contributed by atoms with Crippen LogP contribution >= 0.6 is 11.6 Å². The third kappa shape index (κ3) is 4.48. The van der Waals surface area contributed by atoms with Gasteiger partial charge in [-0.3, -0.25) is 0 Å². The lowest BCUT2D eigenvalue weighted by atomic mass is 9.98. The summed E-state index contributed by atoms with van der Waals surface area (Å²) in [6.45, 7) is 3.16. The molecular weight excluding hydrogens is 282 g/mol. The molecule has 2 nitrogen and oxygen atoms in total. The maximum atomic E-state index is 6.26. The molecule has 0 radical (unpaired) electrons. The van der Waals surface area contributed by atoms with Gasteiger partial charge in [0.1, 0.15) is 5.75 Å². The normalized spacial score (nSPS) is 12.1. The molecule has 1 unspecified atom stereocenters. The van der Waals surface area contributed by atoms with E-state index >= 15 is 0 Å². The molecule has 1 N–H and O–H groups in total. The van der Waals surface area contributed by atoms with Gasteiger partial charge in [-0.2, -0.15) is 0 Å². The van der Waals surface area contributed by atoms with E-state index in [-0.39, 0.29) is 6.04 Å². The van der Waals surface area contributed by atoms with Crippen molar-refractivity contribution in [2.45, 2.75) is 25.8 Å². The van der Waals surface area contributed by atoms with Crippen molar-refractivity contribution in [3.05, 3.63) is 64.7 Å². The third-order valence-electron chi connectivity index (χ3n) is 3.50. The fourth-order valence-corrected chi connectivity index (χ4v) is 2.64. The molecule has 3 heteroatoms. The van der Waals surface area contributed by atoms with Crippen LogP contribution in [0.5, 0.6) is 5.75 Å². The van der Waals surface area contributed by atoms with E-state index in [4.69, 9.17) is 16.3 Å². The smallest absolute Gasteiger partial charge is 0.137 e. The highest BCUT2D eigenvalue weighted by Gasteiger charge is 2.13. The highest BCUT2D eigenvalue weighted by molar-refractivity contribution is 6.32. The van der Waals surface area contributed by atoms with Gasteiger partial charge in [0.15, 0.2) is 0 Å². The summed E-state index contributed by atoms with van der Waals surface area (Å²) < 4.78 is 5.23. The van der Waals surface area contributed by atoms with Crippen molar-refractivity contribution in [2.24, 2.45) is 0 Å². The number of nitrogens with one attached hydrogen (secondary N) is 1. The molecule has 0 fully saturated rings. The molecular formula is C18H22ClNO. The first-order chi connectivity index (χ1) is 10.2. The van der Waals surface area contributed by atoms with Crippen molar-refractivity contribution < 1.29 is 4.74 Å². The Morgan fingerprint density at radius 3 is 2.52 bits per heavy atom. The average molecular weight is 304 g/mol. The molecule has 0 amide bonds. The Morgan fingerprint density at radius 1 is 1.14 bits per heavy atom. The van der Waals surface area contributed by atoms with Gasteiger partial charge in [0, 0.05) is 6.04 Å². The second kappa shape index (κ2) is 8.06. The fraction of sp³-hybridized carbons (Fsp3) is 0.333. The van der Waals surface area contributed by atoms with Crippen molar-refractivity contribution >= 4 is 11.6 Å². The van der Waals surface area contributed by atoms with Crippen LogP contribution in [0.1, 0.15) is 30.5 Å². The van der Waals surface area contributed by atoms with Crippen LogP contribution in [-0.2, 0) is 6.42 Å². The maximum Gasteiger partial charge on any atom is 0.137 e. The Kier molecular flexibility index (Phi) is 6.09. The van der Waals surface area contributed by atoms with Gasteiger partial charge in [0.25, 0.3) is 0 Å². The topological polar surface area (TPSA) is 21.3 Å². The predicted molar refractivity (Wildman–Crippen MR) is 89.2 cm³/mol. The minimum Gasteiger partial charge on any atom is -0.495 e. The number of hydrogen-bond donors (Lipinski definition) is 1. The van der Waals surface area contributed by atoms with Crippen LogP contribution in [0.2, 0.25) is 5.02 Å². The lowest BCUT2D eigenvalue weighted by Crippen LogP contribution is -2.24. The van der Waals surface area contributed by atoms with Crippen LogP contribution in [0.4, 0.5) is 0 Å². The zero-order valence-electron chi connectivity index (χ0n) is 12.6. The molecule has 2 rings (SSSR count). The zero-order valence-corrected chi connectivity index (χ0v) is 13.4. The molecule has 0 aromatic heterocycles. The number of halogens is 1. The van der Waals surface area contributed by atoms with Gasteiger partial charge in [0.2, 0.25) is 0 Å². The largest absolute Gasteiger partial charge is 0.495 e. The van der Waals surface area contributed by atoms with E-state index in [0.717, 1.165) is 25.1 Å². The molecule has 0 saturated carbocycles. The fourth-order valence-electron chi connectivity index (χ4n) is 2.38. The summed E-state index contributed by atoms with van der Waals surface area (Å²) in [5.74, 6) is 0.717. The first kappa shape index (κ1) is 15.9. The minimum atomic E-state index is 0.260. The molecule has 0 spiro atoms. The maximum absolute atomic E-state index is 6.26. The van der Waals surface area contributed by atoms with Crippen molar-refractivity contribution in [1.29, 1.82) is 0 Å². The van der Waals surface area contributed by atoms with E-state index in [2.05, 4.69) is 42.6 Å². The zero-order chi connectivity index (χ0) is 15.1. The van der Waals surface area contributed by atoms with E-state index in [1.165, 1.54) is 11.1 Å². The van der Waals surface area contributed by atoms with Crippen molar-refractivity contribution in [3.63, 3.8) is 0 Å². The van der Waals surface area contributed by atoms with Gasteiger partial charge in [-0.25, -0.2) is 0 Å². The molecule has 0 aliphatic rings. The second-order valence-corrected chi connectivity index (χ2v) is 5.50. The Labute approximate surface area is 132 Å². The molecule has 0 aliphatic heterocycles. The first-order valence-electron chi connectivity index (χ1n) is 7.35. The monoisotopic (exact) mass is 303 g/mol. The molecule has 0 heterocycles. The van der Waals surface area contributed by atoms with E-state index in [9.17, 15) is 0 Å². The summed E-state index contributed by atoms with van der Waals surface area (Å²) in [7, 11) is 1.64. The Hall–Kier alpha value is -1.51. The Balaban J connectivity index is 2.20. The van der Waals surface area contributed by atoms with Gasteiger partial charge >= 0.3 is 0 Å². The molecule has 2 aromatic rings. The average Bonchev–Trinajstić information content (AvgIpc) is 2.52. The van der Waals surface area contributed by atoms with E-state index in [1.54, 1.807) is 7.11 Å². The van der Waals surface area contributed by atoms with Gasteiger partial charge in [0.05, 0.1) is 12.1 Å². The molecule has 2 aromatic carbocycles. The Morgan fingerprint density at radius 2 is 1.90 bits per heavy atom. The quantitative estimate of drug-likeness (QED) is 0.805. The molecule has 21 heavy (non-hydrogen) atoms. The summed E-state index contributed by atoms with van der Waals surface area (Å²) in [4.78, 5) is 0. The number of methoxy groups -OCH3 is 1. The van der Waals surface area contributed by atoms with Crippen molar-refractivity contribution in [3.8, 4) is 5.75 Å². The van der Waals surface area contributed by atoms with Crippen LogP contribution < -0.4 is 10.1 Å². The summed E-state index contributed by atoms with van der Waals surface area (Å²) >= 11 is 6.26. The second-order valence-electron chi connectivity index (χ2n) is 5.09. The van der Waals surface area contributed by atoms with Gasteiger partial charge in [-0.1, -0.05) is 54.9 Å². The number of benzene rings is 2. The third-order valence-corrected chi connectivity index (χ3v) is 3.80. The number of rotatable bonds is 7. The van der Waals surface area contributed by atoms with E-state index < -0.39 is 0 Å². The summed E-state index contributed by atoms with van der Waals surface area (Å²) in [5.41, 5.74) is 2.51. The summed E-state index contributed by atoms with van der Waals surface area (Å²) in [6, 6.07) is 16.8. The molecule has 112 valence electrons. The Bertz CT molecular complexity index is 556. The standard InChI is InChI=1S/C18H22ClNO/c1-3-11-20-17(12-14-7-5-4-6-8-14)15-9-10-18(21-2)16(19)13-15/h4-10,13,17,20H,3,11-12H2,1-2H3. The molecule has 0 saturated heterocycles. The minimum absolute atomic E-state index is 0.260. The van der Waals surface area contributed by atoms with Gasteiger partial charge < -0.3 is 10.1 Å². The van der Waals surface area contributed by atoms with Crippen molar-refractivity contribution in [1.82, 2.24) is 5.32 Å². The highest BCUT2D eigenvalue weighted by Crippen LogP contribution is 2.29. The SMILES string of the molecule is CCCNC(Cc1ccccc1)c1ccc(OC)c(Cl)c1. The van der Waals surface area contributed by atoms with Gasteiger partial charge in [-0.15, -0.1) is 0 Å². The van der Waals surface area contributed by atoms with Crippen LogP contribution in [0.15, 0.2) is 48.5 Å². The van der Waals surface area contributed by atoms with Crippen LogP contribution in [-0.4, -0.2) is 13.7 Å². The molecule has 1 atom stereocenters. The van der Waals surface area contributed by atoms with E-state index in [0.29, 0.717) is 5.02 Å². The number of hydrogen-bond acceptors (Lipinski definition) is 2. The van der Waals surface area contributed by atoms with E-state index in [1.807, 2.05) is 18.2 Å². The van der Waals surface area contributed by atoms with Crippen LogP contribution in [0.3, 0.4) is 0 Å². The van der Waals surface area contributed by atoms with Gasteiger partial charge in [-0.05, 0) is 42.6 Å². The van der Waals surface area contributed by atoms with Crippen LogP contribution in [0, 0.1) is 0 Å². The van der Waals surface area contributed by atoms with Crippen LogP contribution in [0.25, 0.3) is 0 Å².